The first-order chi connectivity index (χ1) is 10.7. The standard InChI is InChI=1S/C17H18N2O2S/c20-14-11-12-5-1-2-6-13(12)17(14)19-15(21)8-10-22-16-7-3-4-9-18-16/h1-7,9,14,17,20H,8,10-11H2,(H,19,21)/t14-,17+/m1/s1. The van der Waals surface area contributed by atoms with Gasteiger partial charge >= 0.3 is 0 Å². The number of hydrogen-bond acceptors (Lipinski definition) is 4. The minimum Gasteiger partial charge on any atom is -0.390 e. The number of nitrogens with zero attached hydrogens (tertiary/aromatic N) is 1. The Bertz CT molecular complexity index is 648. The Hall–Kier alpha value is -1.85. The third-order valence-electron chi connectivity index (χ3n) is 3.74. The second-order valence-electron chi connectivity index (χ2n) is 5.28. The van der Waals surface area contributed by atoms with E-state index in [0.717, 1.165) is 16.2 Å². The minimum absolute atomic E-state index is 0.0378. The SMILES string of the molecule is O=C(CCSc1ccccn1)N[C@H]1c2ccccc2C[C@H]1O. The monoisotopic (exact) mass is 314 g/mol. The van der Waals surface area contributed by atoms with Crippen molar-refractivity contribution in [2.75, 3.05) is 5.75 Å². The number of fused-ring (bicyclic) bond motifs is 1. The van der Waals surface area contributed by atoms with Crippen LogP contribution in [0.5, 0.6) is 0 Å². The third-order valence-corrected chi connectivity index (χ3v) is 4.68. The van der Waals surface area contributed by atoms with Crippen LogP contribution in [0.3, 0.4) is 0 Å². The summed E-state index contributed by atoms with van der Waals surface area (Å²) in [6.45, 7) is 0. The fourth-order valence-corrected chi connectivity index (χ4v) is 3.48. The normalized spacial score (nSPS) is 19.7. The van der Waals surface area contributed by atoms with Crippen LogP contribution in [0.25, 0.3) is 0 Å². The van der Waals surface area contributed by atoms with Gasteiger partial charge in [0.25, 0.3) is 0 Å². The molecule has 3 rings (SSSR count). The molecule has 22 heavy (non-hydrogen) atoms. The smallest absolute Gasteiger partial charge is 0.221 e. The average Bonchev–Trinajstić information content (AvgIpc) is 2.84. The van der Waals surface area contributed by atoms with E-state index in [1.54, 1.807) is 18.0 Å². The van der Waals surface area contributed by atoms with Crippen LogP contribution in [-0.2, 0) is 11.2 Å². The number of carbonyl (C=O) groups is 1. The van der Waals surface area contributed by atoms with Gasteiger partial charge in [-0.3, -0.25) is 4.79 Å². The van der Waals surface area contributed by atoms with Gasteiger partial charge in [-0.15, -0.1) is 11.8 Å². The Balaban J connectivity index is 1.52. The number of benzene rings is 1. The number of thioether (sulfide) groups is 1. The molecule has 2 aromatic rings. The van der Waals surface area contributed by atoms with Crippen molar-refractivity contribution in [2.45, 2.75) is 30.0 Å². The molecule has 0 fully saturated rings. The number of aliphatic hydroxyl groups excluding tert-OH is 1. The molecule has 0 bridgehead atoms. The molecule has 114 valence electrons. The summed E-state index contributed by atoms with van der Waals surface area (Å²) in [4.78, 5) is 16.3. The maximum atomic E-state index is 12.1. The van der Waals surface area contributed by atoms with Crippen LogP contribution in [0.1, 0.15) is 23.6 Å². The van der Waals surface area contributed by atoms with Crippen LogP contribution in [0.4, 0.5) is 0 Å². The van der Waals surface area contributed by atoms with E-state index in [0.29, 0.717) is 18.6 Å². The molecule has 0 spiro atoms. The number of hydrogen-bond donors (Lipinski definition) is 2. The highest BCUT2D eigenvalue weighted by atomic mass is 32.2. The average molecular weight is 314 g/mol. The van der Waals surface area contributed by atoms with E-state index in [2.05, 4.69) is 10.3 Å². The van der Waals surface area contributed by atoms with Gasteiger partial charge in [0, 0.05) is 24.8 Å². The molecule has 1 aliphatic carbocycles. The van der Waals surface area contributed by atoms with Gasteiger partial charge in [0.05, 0.1) is 17.2 Å². The van der Waals surface area contributed by atoms with Gasteiger partial charge in [-0.25, -0.2) is 4.98 Å². The highest BCUT2D eigenvalue weighted by Gasteiger charge is 2.31. The first-order valence-corrected chi connectivity index (χ1v) is 8.31. The van der Waals surface area contributed by atoms with E-state index in [-0.39, 0.29) is 11.9 Å². The zero-order valence-corrected chi connectivity index (χ0v) is 12.9. The number of pyridine rings is 1. The number of aliphatic hydroxyl groups is 1. The predicted molar refractivity (Wildman–Crippen MR) is 86.6 cm³/mol. The molecule has 1 heterocycles. The largest absolute Gasteiger partial charge is 0.390 e. The third kappa shape index (κ3) is 3.48. The van der Waals surface area contributed by atoms with Crippen molar-refractivity contribution in [1.29, 1.82) is 0 Å². The van der Waals surface area contributed by atoms with E-state index in [1.165, 1.54) is 0 Å². The van der Waals surface area contributed by atoms with Gasteiger partial charge in [0.1, 0.15) is 0 Å². The molecule has 5 heteroatoms. The lowest BCUT2D eigenvalue weighted by Gasteiger charge is -2.17. The molecule has 2 atom stereocenters. The highest BCUT2D eigenvalue weighted by molar-refractivity contribution is 7.99. The zero-order chi connectivity index (χ0) is 15.4. The van der Waals surface area contributed by atoms with Crippen LogP contribution < -0.4 is 5.32 Å². The first-order valence-electron chi connectivity index (χ1n) is 7.33. The Morgan fingerprint density at radius 2 is 2.09 bits per heavy atom. The molecular weight excluding hydrogens is 296 g/mol. The van der Waals surface area contributed by atoms with E-state index in [4.69, 9.17) is 0 Å². The topological polar surface area (TPSA) is 62.2 Å². The maximum Gasteiger partial charge on any atom is 0.221 e. The van der Waals surface area contributed by atoms with Gasteiger partial charge in [0.2, 0.25) is 5.91 Å². The van der Waals surface area contributed by atoms with Gasteiger partial charge in [0.15, 0.2) is 0 Å². The van der Waals surface area contributed by atoms with Crippen LogP contribution in [0.2, 0.25) is 0 Å². The number of nitrogens with one attached hydrogen (secondary N) is 1. The van der Waals surface area contributed by atoms with Crippen molar-refractivity contribution >= 4 is 17.7 Å². The molecule has 0 saturated carbocycles. The fourth-order valence-electron chi connectivity index (χ4n) is 2.67. The minimum atomic E-state index is -0.537. The van der Waals surface area contributed by atoms with Crippen LogP contribution in [0.15, 0.2) is 53.7 Å². The Morgan fingerprint density at radius 1 is 1.27 bits per heavy atom. The van der Waals surface area contributed by atoms with Gasteiger partial charge in [-0.2, -0.15) is 0 Å². The summed E-state index contributed by atoms with van der Waals surface area (Å²) in [5.74, 6) is 0.636. The number of carbonyl (C=O) groups excluding carboxylic acids is 1. The molecule has 0 saturated heterocycles. The zero-order valence-electron chi connectivity index (χ0n) is 12.1. The fraction of sp³-hybridized carbons (Fsp3) is 0.294. The van der Waals surface area contributed by atoms with E-state index in [1.807, 2.05) is 42.5 Å². The predicted octanol–water partition coefficient (Wildman–Crippen LogP) is 2.34. The Kier molecular flexibility index (Phi) is 4.75. The first kappa shape index (κ1) is 15.1. The van der Waals surface area contributed by atoms with Crippen molar-refractivity contribution in [3.05, 3.63) is 59.8 Å². The highest BCUT2D eigenvalue weighted by Crippen LogP contribution is 2.31. The summed E-state index contributed by atoms with van der Waals surface area (Å²) in [6.07, 6.45) is 2.22. The molecule has 1 aromatic heterocycles. The molecule has 1 aliphatic rings. The van der Waals surface area contributed by atoms with Crippen molar-refractivity contribution in [2.24, 2.45) is 0 Å². The number of amides is 1. The van der Waals surface area contributed by atoms with Crippen molar-refractivity contribution < 1.29 is 9.90 Å². The summed E-state index contributed by atoms with van der Waals surface area (Å²) < 4.78 is 0. The Labute approximate surface area is 134 Å². The van der Waals surface area contributed by atoms with Crippen molar-refractivity contribution in [1.82, 2.24) is 10.3 Å². The number of aromatic nitrogens is 1. The molecule has 2 N–H and O–H groups in total. The second-order valence-corrected chi connectivity index (χ2v) is 6.40. The van der Waals surface area contributed by atoms with Gasteiger partial charge in [-0.05, 0) is 23.3 Å². The summed E-state index contributed by atoms with van der Waals surface area (Å²) in [6, 6.07) is 13.3. The second kappa shape index (κ2) is 6.94. The molecule has 1 amide bonds. The lowest BCUT2D eigenvalue weighted by atomic mass is 10.1. The lowest BCUT2D eigenvalue weighted by Crippen LogP contribution is -2.34. The Morgan fingerprint density at radius 3 is 2.91 bits per heavy atom. The maximum absolute atomic E-state index is 12.1. The van der Waals surface area contributed by atoms with Crippen LogP contribution in [0, 0.1) is 0 Å². The van der Waals surface area contributed by atoms with Crippen molar-refractivity contribution in [3.63, 3.8) is 0 Å². The van der Waals surface area contributed by atoms with Crippen LogP contribution >= 0.6 is 11.8 Å². The molecule has 0 radical (unpaired) electrons. The summed E-state index contributed by atoms with van der Waals surface area (Å²) in [5.41, 5.74) is 2.14. The molecular formula is C17H18N2O2S. The molecule has 0 unspecified atom stereocenters. The van der Waals surface area contributed by atoms with Gasteiger partial charge < -0.3 is 10.4 Å². The summed E-state index contributed by atoms with van der Waals surface area (Å²) in [5, 5.41) is 14.0. The molecule has 0 aliphatic heterocycles. The lowest BCUT2D eigenvalue weighted by molar-refractivity contribution is -0.122. The summed E-state index contributed by atoms with van der Waals surface area (Å²) >= 11 is 1.56. The van der Waals surface area contributed by atoms with E-state index < -0.39 is 6.10 Å². The number of rotatable bonds is 5. The van der Waals surface area contributed by atoms with Crippen molar-refractivity contribution in [3.8, 4) is 0 Å². The quantitative estimate of drug-likeness (QED) is 0.832. The van der Waals surface area contributed by atoms with Crippen LogP contribution in [-0.4, -0.2) is 27.9 Å². The molecule has 4 nitrogen and oxygen atoms in total. The summed E-state index contributed by atoms with van der Waals surface area (Å²) in [7, 11) is 0. The molecule has 1 aromatic carbocycles. The van der Waals surface area contributed by atoms with Gasteiger partial charge in [-0.1, -0.05) is 30.3 Å². The van der Waals surface area contributed by atoms with E-state index >= 15 is 0 Å². The van der Waals surface area contributed by atoms with E-state index in [9.17, 15) is 9.90 Å².